The van der Waals surface area contributed by atoms with Crippen LogP contribution in [-0.4, -0.2) is 18.1 Å². The van der Waals surface area contributed by atoms with E-state index in [-0.39, 0.29) is 6.10 Å². The third kappa shape index (κ3) is 5.18. The number of alkyl halides is 3. The average Bonchev–Trinajstić information content (AvgIpc) is 3.19. The molecule has 0 amide bonds. The lowest BCUT2D eigenvalue weighted by Gasteiger charge is -2.14. The minimum absolute atomic E-state index is 0.105. The number of hydrogen-bond acceptors (Lipinski definition) is 3. The van der Waals surface area contributed by atoms with E-state index in [9.17, 15) is 13.2 Å². The van der Waals surface area contributed by atoms with Crippen molar-refractivity contribution < 1.29 is 17.9 Å². The molecule has 30 heavy (non-hydrogen) atoms. The summed E-state index contributed by atoms with van der Waals surface area (Å²) in [4.78, 5) is 3.45. The van der Waals surface area contributed by atoms with Crippen molar-refractivity contribution in [3.8, 4) is 11.1 Å². The zero-order valence-electron chi connectivity index (χ0n) is 17.3. The molecule has 0 saturated carbocycles. The second-order valence-electron chi connectivity index (χ2n) is 6.99. The van der Waals surface area contributed by atoms with Gasteiger partial charge in [0, 0.05) is 19.3 Å². The van der Waals surface area contributed by atoms with Crippen LogP contribution >= 0.6 is 0 Å². The molecule has 2 aromatic rings. The van der Waals surface area contributed by atoms with Gasteiger partial charge in [-0.05, 0) is 52.8 Å². The minimum Gasteiger partial charge on any atom is -0.367 e. The molecule has 160 valence electrons. The van der Waals surface area contributed by atoms with E-state index in [0.29, 0.717) is 18.7 Å². The zero-order valence-corrected chi connectivity index (χ0v) is 17.3. The highest BCUT2D eigenvalue weighted by molar-refractivity contribution is 5.69. The topological polar surface area (TPSA) is 34.1 Å². The first-order valence-electron chi connectivity index (χ1n) is 10.4. The summed E-state index contributed by atoms with van der Waals surface area (Å²) in [6.45, 7) is 5.83. The fourth-order valence-corrected chi connectivity index (χ4v) is 3.68. The second-order valence-corrected chi connectivity index (χ2v) is 6.99. The van der Waals surface area contributed by atoms with Gasteiger partial charge in [0.2, 0.25) is 0 Å². The number of allylic oxidation sites excluding steroid dienone is 2. The van der Waals surface area contributed by atoms with Gasteiger partial charge in [-0.3, -0.25) is 4.98 Å². The Balaban J connectivity index is 0.00000124. The molecule has 0 radical (unpaired) electrons. The summed E-state index contributed by atoms with van der Waals surface area (Å²) in [6.07, 6.45) is 5.36. The number of halogens is 3. The number of rotatable bonds is 5. The highest BCUT2D eigenvalue weighted by atomic mass is 19.4. The Morgan fingerprint density at radius 2 is 2.00 bits per heavy atom. The summed E-state index contributed by atoms with van der Waals surface area (Å²) in [5, 5.41) is 3.42. The smallest absolute Gasteiger partial charge is 0.367 e. The number of hydrogen-bond donors (Lipinski definition) is 1. The third-order valence-corrected chi connectivity index (χ3v) is 5.08. The summed E-state index contributed by atoms with van der Waals surface area (Å²) in [5.41, 5.74) is 3.65. The van der Waals surface area contributed by atoms with Crippen LogP contribution in [0.1, 0.15) is 49.6 Å². The van der Waals surface area contributed by atoms with Crippen LogP contribution in [0.3, 0.4) is 0 Å². The molecule has 0 bridgehead atoms. The van der Waals surface area contributed by atoms with Crippen LogP contribution in [0, 0.1) is 0 Å². The lowest BCUT2D eigenvalue weighted by Crippen LogP contribution is -2.23. The van der Waals surface area contributed by atoms with Crippen LogP contribution in [-0.2, 0) is 17.5 Å². The molecule has 1 atom stereocenters. The molecule has 0 fully saturated rings. The maximum atomic E-state index is 13.0. The first-order valence-corrected chi connectivity index (χ1v) is 10.4. The van der Waals surface area contributed by atoms with Gasteiger partial charge in [0.25, 0.3) is 0 Å². The number of ether oxygens (including phenoxy) is 1. The fourth-order valence-electron chi connectivity index (χ4n) is 3.68. The van der Waals surface area contributed by atoms with Crippen LogP contribution in [0.4, 0.5) is 13.2 Å². The highest BCUT2D eigenvalue weighted by Crippen LogP contribution is 2.38. The molecular formula is C24H27F3N2O. The number of benzene rings is 1. The maximum absolute atomic E-state index is 13.0. The Kier molecular flexibility index (Phi) is 7.45. The van der Waals surface area contributed by atoms with Crippen LogP contribution in [0.25, 0.3) is 11.1 Å². The molecule has 1 aliphatic carbocycles. The predicted molar refractivity (Wildman–Crippen MR) is 113 cm³/mol. The molecule has 2 aliphatic rings. The molecular weight excluding hydrogens is 389 g/mol. The Morgan fingerprint density at radius 3 is 2.73 bits per heavy atom. The molecule has 1 aromatic heterocycles. The lowest BCUT2D eigenvalue weighted by molar-refractivity contribution is -0.141. The Labute approximate surface area is 175 Å². The second kappa shape index (κ2) is 10.0. The van der Waals surface area contributed by atoms with Gasteiger partial charge < -0.3 is 10.1 Å². The molecule has 3 nitrogen and oxygen atoms in total. The summed E-state index contributed by atoms with van der Waals surface area (Å²) >= 11 is 0. The Hall–Kier alpha value is -2.44. The van der Waals surface area contributed by atoms with Crippen molar-refractivity contribution in [1.82, 2.24) is 10.3 Å². The van der Waals surface area contributed by atoms with Crippen molar-refractivity contribution in [2.24, 2.45) is 0 Å². The quantitative estimate of drug-likeness (QED) is 0.627. The molecule has 1 aliphatic heterocycles. The number of aromatic nitrogens is 1. The highest BCUT2D eigenvalue weighted by Gasteiger charge is 2.33. The van der Waals surface area contributed by atoms with Gasteiger partial charge in [-0.2, -0.15) is 13.2 Å². The SMILES string of the molecule is CC.FC(F)(F)c1cc(-c2cccc3c2COC3CNCC2=CCCC=C2)ccn1. The van der Waals surface area contributed by atoms with Crippen molar-refractivity contribution in [2.75, 3.05) is 13.1 Å². The molecule has 4 rings (SSSR count). The van der Waals surface area contributed by atoms with E-state index in [1.165, 1.54) is 11.8 Å². The standard InChI is InChI=1S/C22H21F3N2O.C2H6/c23-22(24,25)21-11-16(9-10-27-21)17-7-4-8-18-19(17)14-28-20(18)13-26-12-15-5-2-1-3-6-15;1-2/h2,4-11,20,26H,1,3,12-14H2;1-2H3. The van der Waals surface area contributed by atoms with E-state index < -0.39 is 11.9 Å². The van der Waals surface area contributed by atoms with Crippen LogP contribution in [0.2, 0.25) is 0 Å². The van der Waals surface area contributed by atoms with Crippen molar-refractivity contribution >= 4 is 0 Å². The van der Waals surface area contributed by atoms with E-state index in [1.807, 2.05) is 32.0 Å². The number of nitrogens with one attached hydrogen (secondary N) is 1. The lowest BCUT2D eigenvalue weighted by atomic mass is 9.95. The molecule has 0 saturated heterocycles. The van der Waals surface area contributed by atoms with E-state index in [2.05, 4.69) is 28.5 Å². The molecule has 0 spiro atoms. The van der Waals surface area contributed by atoms with Crippen LogP contribution in [0.15, 0.2) is 60.3 Å². The van der Waals surface area contributed by atoms with E-state index in [0.717, 1.165) is 42.1 Å². The fraction of sp³-hybridized carbons (Fsp3) is 0.375. The van der Waals surface area contributed by atoms with Gasteiger partial charge in [0.05, 0.1) is 12.7 Å². The van der Waals surface area contributed by atoms with Gasteiger partial charge in [-0.25, -0.2) is 0 Å². The van der Waals surface area contributed by atoms with E-state index in [1.54, 1.807) is 6.07 Å². The first-order chi connectivity index (χ1) is 14.5. The van der Waals surface area contributed by atoms with Gasteiger partial charge in [0.1, 0.15) is 5.69 Å². The maximum Gasteiger partial charge on any atom is 0.433 e. The third-order valence-electron chi connectivity index (χ3n) is 5.08. The van der Waals surface area contributed by atoms with Gasteiger partial charge in [0.15, 0.2) is 0 Å². The average molecular weight is 416 g/mol. The van der Waals surface area contributed by atoms with Gasteiger partial charge in [-0.1, -0.05) is 50.3 Å². The first kappa shape index (κ1) is 22.2. The number of pyridine rings is 1. The van der Waals surface area contributed by atoms with Crippen LogP contribution in [0.5, 0.6) is 0 Å². The van der Waals surface area contributed by atoms with Crippen LogP contribution < -0.4 is 5.32 Å². The summed E-state index contributed by atoms with van der Waals surface area (Å²) in [7, 11) is 0. The molecule has 1 N–H and O–H groups in total. The van der Waals surface area contributed by atoms with Crippen molar-refractivity contribution in [3.63, 3.8) is 0 Å². The van der Waals surface area contributed by atoms with E-state index in [4.69, 9.17) is 4.74 Å². The molecule has 1 unspecified atom stereocenters. The Bertz CT molecular complexity index is 919. The molecule has 1 aromatic carbocycles. The molecule has 6 heteroatoms. The summed E-state index contributed by atoms with van der Waals surface area (Å²) in [6, 6.07) is 8.41. The van der Waals surface area contributed by atoms with E-state index >= 15 is 0 Å². The largest absolute Gasteiger partial charge is 0.433 e. The van der Waals surface area contributed by atoms with Crippen molar-refractivity contribution in [3.05, 3.63) is 77.2 Å². The van der Waals surface area contributed by atoms with Gasteiger partial charge in [-0.15, -0.1) is 0 Å². The van der Waals surface area contributed by atoms with Crippen molar-refractivity contribution in [1.29, 1.82) is 0 Å². The molecule has 2 heterocycles. The van der Waals surface area contributed by atoms with Crippen molar-refractivity contribution in [2.45, 2.75) is 45.6 Å². The minimum atomic E-state index is -4.46. The summed E-state index contributed by atoms with van der Waals surface area (Å²) in [5.74, 6) is 0. The number of fused-ring (bicyclic) bond motifs is 1. The zero-order chi connectivity index (χ0) is 21.6. The Morgan fingerprint density at radius 1 is 1.17 bits per heavy atom. The monoisotopic (exact) mass is 416 g/mol. The van der Waals surface area contributed by atoms with Gasteiger partial charge >= 0.3 is 6.18 Å². The number of nitrogens with zero attached hydrogens (tertiary/aromatic N) is 1. The predicted octanol–water partition coefficient (Wildman–Crippen LogP) is 6.23. The normalized spacial score (nSPS) is 17.8. The summed E-state index contributed by atoms with van der Waals surface area (Å²) < 4.78 is 45.0.